The molecule has 12 heavy (non-hydrogen) atoms. The van der Waals surface area contributed by atoms with Gasteiger partial charge >= 0.3 is 0 Å². The maximum Gasteiger partial charge on any atom is 0.104 e. The zero-order valence-electron chi connectivity index (χ0n) is 6.34. The molecule has 0 heterocycles. The van der Waals surface area contributed by atoms with Gasteiger partial charge in [-0.25, -0.2) is 0 Å². The van der Waals surface area contributed by atoms with E-state index in [1.54, 1.807) is 22.6 Å². The zero-order valence-corrected chi connectivity index (χ0v) is 8.50. The minimum atomic E-state index is -1.28. The number of aliphatic hydroxyl groups is 5. The van der Waals surface area contributed by atoms with Gasteiger partial charge in [-0.05, 0) is 0 Å². The number of alkyl halides is 1. The van der Waals surface area contributed by atoms with E-state index in [0.29, 0.717) is 0 Å². The first-order valence-corrected chi connectivity index (χ1v) is 4.69. The van der Waals surface area contributed by atoms with E-state index in [1.165, 1.54) is 0 Å². The summed E-state index contributed by atoms with van der Waals surface area (Å²) in [5.41, 5.74) is 0. The van der Waals surface area contributed by atoms with Crippen molar-refractivity contribution in [1.29, 1.82) is 0 Å². The Bertz CT molecular complexity index is 109. The van der Waals surface area contributed by atoms with Crippen LogP contribution >= 0.6 is 22.6 Å². The Kier molecular flexibility index (Phi) is 6.32. The van der Waals surface area contributed by atoms with Crippen LogP contribution in [0, 0.1) is 0 Å². The first-order chi connectivity index (χ1) is 5.54. The molecule has 0 spiro atoms. The molecule has 74 valence electrons. The van der Waals surface area contributed by atoms with Crippen LogP contribution in [-0.2, 0) is 0 Å². The molecule has 0 fully saturated rings. The van der Waals surface area contributed by atoms with Crippen LogP contribution in [0.4, 0.5) is 0 Å². The Labute approximate surface area is 83.8 Å². The van der Waals surface area contributed by atoms with E-state index >= 15 is 0 Å². The molecular formula is C6H13IO5. The van der Waals surface area contributed by atoms with Crippen molar-refractivity contribution in [2.75, 3.05) is 13.2 Å². The molecule has 0 rings (SSSR count). The van der Waals surface area contributed by atoms with Gasteiger partial charge < -0.3 is 25.5 Å². The predicted octanol–water partition coefficient (Wildman–Crippen LogP) is -2.14. The number of rotatable bonds is 5. The summed E-state index contributed by atoms with van der Waals surface area (Å²) in [4.78, 5) is 0. The number of halogens is 1. The van der Waals surface area contributed by atoms with E-state index in [-0.39, 0.29) is 0 Å². The van der Waals surface area contributed by atoms with Crippen LogP contribution in [0.15, 0.2) is 0 Å². The largest absolute Gasteiger partial charge is 0.394 e. The number of hydrogen-bond acceptors (Lipinski definition) is 5. The summed E-state index contributed by atoms with van der Waals surface area (Å²) in [6, 6.07) is 0. The molecule has 0 saturated carbocycles. The average Bonchev–Trinajstić information content (AvgIpc) is 2.12. The topological polar surface area (TPSA) is 101 Å². The number of hydrogen-bond donors (Lipinski definition) is 5. The lowest BCUT2D eigenvalue weighted by molar-refractivity contribution is -0.0353. The lowest BCUT2D eigenvalue weighted by Gasteiger charge is -2.23. The molecule has 0 unspecified atom stereocenters. The van der Waals surface area contributed by atoms with Gasteiger partial charge in [-0.1, -0.05) is 22.6 Å². The zero-order chi connectivity index (χ0) is 9.72. The third kappa shape index (κ3) is 3.50. The SMILES string of the molecule is OC[C@@H](O)[C@@H](O)[C@H](I)[C@@H](O)CO. The third-order valence-corrected chi connectivity index (χ3v) is 3.03. The van der Waals surface area contributed by atoms with Gasteiger partial charge in [0.05, 0.1) is 29.3 Å². The van der Waals surface area contributed by atoms with E-state index in [4.69, 9.17) is 20.4 Å². The van der Waals surface area contributed by atoms with E-state index in [1.807, 2.05) is 0 Å². The van der Waals surface area contributed by atoms with Crippen molar-refractivity contribution in [2.45, 2.75) is 22.2 Å². The second-order valence-electron chi connectivity index (χ2n) is 2.43. The van der Waals surface area contributed by atoms with Gasteiger partial charge in [0.25, 0.3) is 0 Å². The van der Waals surface area contributed by atoms with Crippen molar-refractivity contribution in [3.05, 3.63) is 0 Å². The lowest BCUT2D eigenvalue weighted by Crippen LogP contribution is -2.43. The Morgan fingerprint density at radius 3 is 1.67 bits per heavy atom. The molecule has 4 atom stereocenters. The molecule has 0 bridgehead atoms. The minimum Gasteiger partial charge on any atom is -0.394 e. The van der Waals surface area contributed by atoms with E-state index < -0.39 is 35.5 Å². The van der Waals surface area contributed by atoms with Gasteiger partial charge in [0.1, 0.15) is 6.10 Å². The second kappa shape index (κ2) is 6.06. The van der Waals surface area contributed by atoms with Crippen LogP contribution in [0.2, 0.25) is 0 Å². The molecule has 0 aliphatic heterocycles. The van der Waals surface area contributed by atoms with Crippen molar-refractivity contribution >= 4 is 22.6 Å². The Morgan fingerprint density at radius 1 is 0.917 bits per heavy atom. The summed E-state index contributed by atoms with van der Waals surface area (Å²) in [5.74, 6) is 0. The molecule has 0 aromatic carbocycles. The predicted molar refractivity (Wildman–Crippen MR) is 50.0 cm³/mol. The Balaban J connectivity index is 3.99. The van der Waals surface area contributed by atoms with Gasteiger partial charge in [-0.2, -0.15) is 0 Å². The van der Waals surface area contributed by atoms with Gasteiger partial charge in [-0.15, -0.1) is 0 Å². The van der Waals surface area contributed by atoms with E-state index in [2.05, 4.69) is 0 Å². The fourth-order valence-corrected chi connectivity index (χ4v) is 1.36. The highest BCUT2D eigenvalue weighted by Gasteiger charge is 2.28. The van der Waals surface area contributed by atoms with E-state index in [0.717, 1.165) is 0 Å². The fraction of sp³-hybridized carbons (Fsp3) is 1.00. The van der Waals surface area contributed by atoms with Crippen LogP contribution in [0.1, 0.15) is 0 Å². The normalized spacial score (nSPS) is 21.5. The summed E-state index contributed by atoms with van der Waals surface area (Å²) in [5, 5.41) is 44.1. The molecule has 0 aromatic heterocycles. The van der Waals surface area contributed by atoms with Crippen LogP contribution < -0.4 is 0 Å². The third-order valence-electron chi connectivity index (χ3n) is 1.46. The smallest absolute Gasteiger partial charge is 0.104 e. The second-order valence-corrected chi connectivity index (χ2v) is 3.87. The van der Waals surface area contributed by atoms with Crippen LogP contribution in [0.25, 0.3) is 0 Å². The Morgan fingerprint density at radius 2 is 1.33 bits per heavy atom. The van der Waals surface area contributed by atoms with Crippen molar-refractivity contribution in [1.82, 2.24) is 0 Å². The molecule has 5 N–H and O–H groups in total. The summed E-state index contributed by atoms with van der Waals surface area (Å²) in [6.07, 6.45) is -3.62. The summed E-state index contributed by atoms with van der Waals surface area (Å²) < 4.78 is -0.699. The molecule has 0 radical (unpaired) electrons. The maximum atomic E-state index is 9.20. The summed E-state index contributed by atoms with van der Waals surface area (Å²) >= 11 is 1.70. The minimum absolute atomic E-state index is 0.483. The first kappa shape index (κ1) is 12.5. The van der Waals surface area contributed by atoms with E-state index in [9.17, 15) is 5.11 Å². The first-order valence-electron chi connectivity index (χ1n) is 3.44. The van der Waals surface area contributed by atoms with Gasteiger partial charge in [0, 0.05) is 0 Å². The highest BCUT2D eigenvalue weighted by molar-refractivity contribution is 14.1. The Hall–Kier alpha value is 0.530. The fourth-order valence-electron chi connectivity index (χ4n) is 0.649. The van der Waals surface area contributed by atoms with Crippen LogP contribution in [0.5, 0.6) is 0 Å². The van der Waals surface area contributed by atoms with Crippen molar-refractivity contribution in [3.8, 4) is 0 Å². The average molecular weight is 292 g/mol. The molecule has 6 heteroatoms. The van der Waals surface area contributed by atoms with Crippen LogP contribution in [-0.4, -0.2) is 61.0 Å². The van der Waals surface area contributed by atoms with Crippen molar-refractivity contribution < 1.29 is 25.5 Å². The maximum absolute atomic E-state index is 9.20. The summed E-state index contributed by atoms with van der Waals surface area (Å²) in [6.45, 7) is -1.05. The molecule has 5 nitrogen and oxygen atoms in total. The van der Waals surface area contributed by atoms with Gasteiger partial charge in [0.2, 0.25) is 0 Å². The molecule has 0 aromatic rings. The van der Waals surface area contributed by atoms with Crippen molar-refractivity contribution in [2.24, 2.45) is 0 Å². The number of aliphatic hydroxyl groups excluding tert-OH is 5. The summed E-state index contributed by atoms with van der Waals surface area (Å²) in [7, 11) is 0. The molecule has 0 saturated heterocycles. The quantitative estimate of drug-likeness (QED) is 0.294. The van der Waals surface area contributed by atoms with Gasteiger partial charge in [0.15, 0.2) is 0 Å². The standard InChI is InChI=1S/C6H13IO5/c7-5(3(10)1-8)6(12)4(11)2-9/h3-6,8-12H,1-2H2/t3-,4+,5+,6+/m0/s1. The monoisotopic (exact) mass is 292 g/mol. The highest BCUT2D eigenvalue weighted by atomic mass is 127. The molecule has 0 amide bonds. The van der Waals surface area contributed by atoms with Crippen LogP contribution in [0.3, 0.4) is 0 Å². The lowest BCUT2D eigenvalue weighted by atomic mass is 10.1. The molecule has 0 aliphatic carbocycles. The van der Waals surface area contributed by atoms with Crippen molar-refractivity contribution in [3.63, 3.8) is 0 Å². The molecule has 0 aliphatic rings. The highest BCUT2D eigenvalue weighted by Crippen LogP contribution is 2.14. The molecular weight excluding hydrogens is 279 g/mol. The van der Waals surface area contributed by atoms with Gasteiger partial charge in [-0.3, -0.25) is 0 Å².